The van der Waals surface area contributed by atoms with Gasteiger partial charge in [0.05, 0.1) is 19.2 Å². The fraction of sp³-hybridized carbons (Fsp3) is 0.357. The number of nitrogens with one attached hydrogen (secondary N) is 1. The normalized spacial score (nSPS) is 14.0. The molecule has 1 aromatic carbocycles. The molecule has 110 valence electrons. The Morgan fingerprint density at radius 1 is 1.43 bits per heavy atom. The summed E-state index contributed by atoms with van der Waals surface area (Å²) in [5, 5.41) is 11.5. The maximum Gasteiger partial charge on any atom is 0.337 e. The highest BCUT2D eigenvalue weighted by atomic mass is 35.5. The Morgan fingerprint density at radius 3 is 2.95 bits per heavy atom. The van der Waals surface area contributed by atoms with Crippen molar-refractivity contribution < 1.29 is 13.9 Å². The summed E-state index contributed by atoms with van der Waals surface area (Å²) in [5.41, 5.74) is 1.07. The summed E-state index contributed by atoms with van der Waals surface area (Å²) in [5.74, 6) is 1.21. The molecule has 0 atom stereocenters. The van der Waals surface area contributed by atoms with Gasteiger partial charge in [0.15, 0.2) is 0 Å². The molecule has 1 fully saturated rings. The number of ether oxygens (including phenoxy) is 1. The van der Waals surface area contributed by atoms with Crippen LogP contribution in [-0.4, -0.2) is 23.3 Å². The monoisotopic (exact) mass is 307 g/mol. The first-order chi connectivity index (χ1) is 10.2. The molecule has 3 rings (SSSR count). The van der Waals surface area contributed by atoms with Crippen LogP contribution in [0, 0.1) is 0 Å². The van der Waals surface area contributed by atoms with Gasteiger partial charge in [-0.1, -0.05) is 11.6 Å². The lowest BCUT2D eigenvalue weighted by molar-refractivity contribution is 0.0601. The van der Waals surface area contributed by atoms with Crippen LogP contribution in [0.1, 0.15) is 40.9 Å². The molecule has 1 saturated carbocycles. The van der Waals surface area contributed by atoms with E-state index in [4.69, 9.17) is 16.0 Å². The third-order valence-corrected chi connectivity index (χ3v) is 3.39. The van der Waals surface area contributed by atoms with Gasteiger partial charge >= 0.3 is 5.97 Å². The van der Waals surface area contributed by atoms with E-state index in [9.17, 15) is 4.79 Å². The second kappa shape index (κ2) is 5.73. The molecule has 0 radical (unpaired) electrons. The number of esters is 1. The van der Waals surface area contributed by atoms with Crippen LogP contribution in [0.3, 0.4) is 0 Å². The summed E-state index contributed by atoms with van der Waals surface area (Å²) in [6.45, 7) is 0.376. The molecule has 1 aliphatic rings. The minimum Gasteiger partial charge on any atom is -0.465 e. The molecule has 1 aliphatic carbocycles. The molecule has 7 heteroatoms. The fourth-order valence-corrected chi connectivity index (χ4v) is 2.17. The summed E-state index contributed by atoms with van der Waals surface area (Å²) in [7, 11) is 1.33. The molecule has 1 N–H and O–H groups in total. The van der Waals surface area contributed by atoms with E-state index >= 15 is 0 Å². The predicted octanol–water partition coefficient (Wildman–Crippen LogP) is 3.00. The van der Waals surface area contributed by atoms with E-state index in [-0.39, 0.29) is 0 Å². The minimum absolute atomic E-state index is 0.376. The topological polar surface area (TPSA) is 77.2 Å². The number of methoxy groups -OCH3 is 1. The van der Waals surface area contributed by atoms with E-state index < -0.39 is 5.97 Å². The Bertz CT molecular complexity index is 667. The zero-order valence-corrected chi connectivity index (χ0v) is 12.2. The highest BCUT2D eigenvalue weighted by Crippen LogP contribution is 2.39. The summed E-state index contributed by atoms with van der Waals surface area (Å²) in [6, 6.07) is 4.93. The van der Waals surface area contributed by atoms with Gasteiger partial charge in [-0.3, -0.25) is 0 Å². The quantitative estimate of drug-likeness (QED) is 0.856. The van der Waals surface area contributed by atoms with E-state index in [0.29, 0.717) is 40.5 Å². The summed E-state index contributed by atoms with van der Waals surface area (Å²) < 4.78 is 10.2. The third kappa shape index (κ3) is 3.33. The van der Waals surface area contributed by atoms with Crippen LogP contribution < -0.4 is 5.32 Å². The molecule has 2 aromatic rings. The van der Waals surface area contributed by atoms with Gasteiger partial charge < -0.3 is 14.5 Å². The Hall–Kier alpha value is -2.08. The lowest BCUT2D eigenvalue weighted by Gasteiger charge is -2.07. The van der Waals surface area contributed by atoms with Gasteiger partial charge in [-0.05, 0) is 31.0 Å². The van der Waals surface area contributed by atoms with E-state index in [2.05, 4.69) is 20.3 Å². The lowest BCUT2D eigenvalue weighted by Crippen LogP contribution is -2.04. The molecule has 0 unspecified atom stereocenters. The van der Waals surface area contributed by atoms with Gasteiger partial charge in [0.1, 0.15) is 0 Å². The molecule has 0 spiro atoms. The summed E-state index contributed by atoms with van der Waals surface area (Å²) >= 11 is 5.99. The first kappa shape index (κ1) is 13.9. The Kier molecular flexibility index (Phi) is 3.79. The van der Waals surface area contributed by atoms with Crippen molar-refractivity contribution in [2.24, 2.45) is 0 Å². The van der Waals surface area contributed by atoms with Crippen molar-refractivity contribution in [2.45, 2.75) is 25.3 Å². The second-order valence-electron chi connectivity index (χ2n) is 4.88. The van der Waals surface area contributed by atoms with E-state index in [1.54, 1.807) is 18.2 Å². The molecular weight excluding hydrogens is 294 g/mol. The van der Waals surface area contributed by atoms with Crippen molar-refractivity contribution in [2.75, 3.05) is 12.4 Å². The molecule has 0 saturated heterocycles. The van der Waals surface area contributed by atoms with Crippen LogP contribution >= 0.6 is 11.6 Å². The van der Waals surface area contributed by atoms with Crippen molar-refractivity contribution in [3.63, 3.8) is 0 Å². The molecule has 21 heavy (non-hydrogen) atoms. The summed E-state index contributed by atoms with van der Waals surface area (Å²) in [4.78, 5) is 11.5. The van der Waals surface area contributed by atoms with Gasteiger partial charge in [-0.15, -0.1) is 10.2 Å². The minimum atomic E-state index is -0.436. The predicted molar refractivity (Wildman–Crippen MR) is 76.4 cm³/mol. The number of nitrogens with zero attached hydrogens (tertiary/aromatic N) is 2. The lowest BCUT2D eigenvalue weighted by atomic mass is 10.2. The van der Waals surface area contributed by atoms with E-state index in [1.807, 2.05) is 0 Å². The van der Waals surface area contributed by atoms with Crippen LogP contribution in [-0.2, 0) is 11.3 Å². The zero-order chi connectivity index (χ0) is 14.8. The highest BCUT2D eigenvalue weighted by Gasteiger charge is 2.29. The average Bonchev–Trinajstić information content (AvgIpc) is 3.23. The number of carbonyl (C=O) groups excluding carboxylic acids is 1. The molecule has 1 heterocycles. The van der Waals surface area contributed by atoms with Gasteiger partial charge in [0.25, 0.3) is 0 Å². The Balaban J connectivity index is 1.68. The highest BCUT2D eigenvalue weighted by molar-refractivity contribution is 6.31. The Morgan fingerprint density at radius 2 is 2.24 bits per heavy atom. The Labute approximate surface area is 126 Å². The number of benzene rings is 1. The number of carbonyl (C=O) groups is 1. The average molecular weight is 308 g/mol. The number of aromatic nitrogens is 2. The van der Waals surface area contributed by atoms with Crippen molar-refractivity contribution in [1.82, 2.24) is 10.2 Å². The molecule has 0 amide bonds. The summed E-state index contributed by atoms with van der Waals surface area (Å²) in [6.07, 6.45) is 2.23. The maximum absolute atomic E-state index is 11.5. The number of hydrogen-bond donors (Lipinski definition) is 1. The molecular formula is C14H14ClN3O3. The molecule has 0 aliphatic heterocycles. The van der Waals surface area contributed by atoms with Crippen LogP contribution in [0.2, 0.25) is 5.02 Å². The standard InChI is InChI=1S/C14H14ClN3O3/c1-20-14(19)9-4-10(15)6-11(5-9)16-7-12-17-18-13(21-12)8-2-3-8/h4-6,8,16H,2-3,7H2,1H3. The van der Waals surface area contributed by atoms with Crippen LogP contribution in [0.25, 0.3) is 0 Å². The zero-order valence-electron chi connectivity index (χ0n) is 11.4. The van der Waals surface area contributed by atoms with Gasteiger partial charge in [-0.2, -0.15) is 0 Å². The second-order valence-corrected chi connectivity index (χ2v) is 5.32. The fourth-order valence-electron chi connectivity index (χ4n) is 1.94. The molecule has 0 bridgehead atoms. The van der Waals surface area contributed by atoms with Crippen molar-refractivity contribution >= 4 is 23.3 Å². The van der Waals surface area contributed by atoms with Gasteiger partial charge in [0.2, 0.25) is 11.8 Å². The number of rotatable bonds is 5. The first-order valence-corrected chi connectivity index (χ1v) is 6.98. The van der Waals surface area contributed by atoms with Gasteiger partial charge in [0, 0.05) is 16.6 Å². The van der Waals surface area contributed by atoms with E-state index in [1.165, 1.54) is 7.11 Å². The molecule has 1 aromatic heterocycles. The van der Waals surface area contributed by atoms with Crippen molar-refractivity contribution in [3.05, 3.63) is 40.6 Å². The maximum atomic E-state index is 11.5. The van der Waals surface area contributed by atoms with Crippen molar-refractivity contribution in [1.29, 1.82) is 0 Å². The first-order valence-electron chi connectivity index (χ1n) is 6.61. The largest absolute Gasteiger partial charge is 0.465 e. The van der Waals surface area contributed by atoms with Crippen LogP contribution in [0.4, 0.5) is 5.69 Å². The number of hydrogen-bond acceptors (Lipinski definition) is 6. The smallest absolute Gasteiger partial charge is 0.337 e. The van der Waals surface area contributed by atoms with Gasteiger partial charge in [-0.25, -0.2) is 4.79 Å². The van der Waals surface area contributed by atoms with Crippen molar-refractivity contribution in [3.8, 4) is 0 Å². The molecule has 6 nitrogen and oxygen atoms in total. The van der Waals surface area contributed by atoms with Crippen LogP contribution in [0.15, 0.2) is 22.6 Å². The third-order valence-electron chi connectivity index (χ3n) is 3.17. The number of halogens is 1. The number of anilines is 1. The SMILES string of the molecule is COC(=O)c1cc(Cl)cc(NCc2nnc(C3CC3)o2)c1. The van der Waals surface area contributed by atoms with Crippen LogP contribution in [0.5, 0.6) is 0 Å². The van der Waals surface area contributed by atoms with E-state index in [0.717, 1.165) is 12.8 Å².